The van der Waals surface area contributed by atoms with Gasteiger partial charge in [0.1, 0.15) is 11.8 Å². The topological polar surface area (TPSA) is 48.7 Å². The van der Waals surface area contributed by atoms with Crippen LogP contribution >= 0.6 is 0 Å². The summed E-state index contributed by atoms with van der Waals surface area (Å²) in [5, 5.41) is 12.3. The molecule has 3 heteroatoms. The zero-order valence-electron chi connectivity index (χ0n) is 11.4. The van der Waals surface area contributed by atoms with E-state index in [0.717, 1.165) is 11.4 Å². The van der Waals surface area contributed by atoms with Crippen LogP contribution in [0.15, 0.2) is 36.5 Å². The maximum atomic E-state index is 8.89. The first-order valence-corrected chi connectivity index (χ1v) is 6.34. The molecule has 96 valence electrons. The number of para-hydroxylation sites is 1. The number of nitrogens with one attached hydrogen (secondary N) is 1. The lowest BCUT2D eigenvalue weighted by molar-refractivity contribution is 0.867. The van der Waals surface area contributed by atoms with Crippen molar-refractivity contribution >= 4 is 11.4 Å². The molecule has 0 saturated carbocycles. The van der Waals surface area contributed by atoms with Crippen molar-refractivity contribution in [1.29, 1.82) is 5.26 Å². The first-order chi connectivity index (χ1) is 9.11. The second-order valence-electron chi connectivity index (χ2n) is 4.86. The van der Waals surface area contributed by atoms with E-state index in [1.165, 1.54) is 11.1 Å². The number of rotatable bonds is 3. The molecule has 0 aliphatic rings. The van der Waals surface area contributed by atoms with Gasteiger partial charge in [-0.2, -0.15) is 5.26 Å². The van der Waals surface area contributed by atoms with Crippen LogP contribution in [0.2, 0.25) is 0 Å². The second-order valence-corrected chi connectivity index (χ2v) is 4.86. The second kappa shape index (κ2) is 5.53. The average molecular weight is 251 g/mol. The molecule has 1 aromatic heterocycles. The Morgan fingerprint density at radius 1 is 1.26 bits per heavy atom. The van der Waals surface area contributed by atoms with Crippen LogP contribution in [0.1, 0.15) is 36.6 Å². The van der Waals surface area contributed by atoms with Crippen molar-refractivity contribution in [3.8, 4) is 6.07 Å². The smallest absolute Gasteiger partial charge is 0.142 e. The highest BCUT2D eigenvalue weighted by Gasteiger charge is 2.09. The monoisotopic (exact) mass is 251 g/mol. The number of nitriles is 1. The van der Waals surface area contributed by atoms with Gasteiger partial charge in [-0.3, -0.25) is 0 Å². The average Bonchev–Trinajstić information content (AvgIpc) is 2.41. The normalized spacial score (nSPS) is 10.3. The summed E-state index contributed by atoms with van der Waals surface area (Å²) in [5.41, 5.74) is 4.90. The molecule has 1 heterocycles. The summed E-state index contributed by atoms with van der Waals surface area (Å²) in [6.07, 6.45) is 1.65. The van der Waals surface area contributed by atoms with Gasteiger partial charge in [0.2, 0.25) is 0 Å². The fourth-order valence-corrected chi connectivity index (χ4v) is 2.06. The number of nitrogens with zero attached hydrogens (tertiary/aromatic N) is 2. The summed E-state index contributed by atoms with van der Waals surface area (Å²) >= 11 is 0. The predicted octanol–water partition coefficient (Wildman–Crippen LogP) is 4.13. The minimum Gasteiger partial charge on any atom is -0.355 e. The molecular formula is C16H17N3. The Bertz CT molecular complexity index is 624. The highest BCUT2D eigenvalue weighted by molar-refractivity contribution is 5.67. The van der Waals surface area contributed by atoms with E-state index in [-0.39, 0.29) is 0 Å². The first-order valence-electron chi connectivity index (χ1n) is 6.34. The minimum absolute atomic E-state index is 0.421. The van der Waals surface area contributed by atoms with E-state index in [1.807, 2.05) is 6.07 Å². The third-order valence-corrected chi connectivity index (χ3v) is 3.07. The van der Waals surface area contributed by atoms with E-state index in [9.17, 15) is 0 Å². The Morgan fingerprint density at radius 2 is 2.05 bits per heavy atom. The van der Waals surface area contributed by atoms with E-state index in [0.29, 0.717) is 11.6 Å². The number of pyridine rings is 1. The maximum Gasteiger partial charge on any atom is 0.142 e. The minimum atomic E-state index is 0.421. The standard InChI is InChI=1S/C16H17N3/c1-11(2)15-6-4-5-12(3)16(15)19-13-7-8-18-14(9-13)10-17/h4-9,11H,1-3H3,(H,18,19). The van der Waals surface area contributed by atoms with Crippen LogP contribution in [-0.4, -0.2) is 4.98 Å². The maximum absolute atomic E-state index is 8.89. The molecule has 1 aromatic carbocycles. The molecule has 0 atom stereocenters. The lowest BCUT2D eigenvalue weighted by Crippen LogP contribution is -2.00. The quantitative estimate of drug-likeness (QED) is 0.892. The Labute approximate surface area is 113 Å². The third-order valence-electron chi connectivity index (χ3n) is 3.07. The van der Waals surface area contributed by atoms with Crippen molar-refractivity contribution in [3.05, 3.63) is 53.3 Å². The van der Waals surface area contributed by atoms with E-state index < -0.39 is 0 Å². The fraction of sp³-hybridized carbons (Fsp3) is 0.250. The van der Waals surface area contributed by atoms with Gasteiger partial charge >= 0.3 is 0 Å². The van der Waals surface area contributed by atoms with Gasteiger partial charge in [0, 0.05) is 17.6 Å². The summed E-state index contributed by atoms with van der Waals surface area (Å²) in [6.45, 7) is 6.43. The van der Waals surface area contributed by atoms with Gasteiger partial charge in [-0.05, 0) is 36.1 Å². The van der Waals surface area contributed by atoms with Gasteiger partial charge in [-0.1, -0.05) is 32.0 Å². The molecule has 1 N–H and O–H groups in total. The molecule has 2 aromatic rings. The zero-order valence-corrected chi connectivity index (χ0v) is 11.4. The molecular weight excluding hydrogens is 234 g/mol. The Morgan fingerprint density at radius 3 is 2.74 bits per heavy atom. The highest BCUT2D eigenvalue weighted by atomic mass is 14.9. The van der Waals surface area contributed by atoms with Crippen LogP contribution in [0.5, 0.6) is 0 Å². The van der Waals surface area contributed by atoms with Crippen LogP contribution in [0.25, 0.3) is 0 Å². The summed E-state index contributed by atoms with van der Waals surface area (Å²) in [5.74, 6) is 0.444. The molecule has 0 aliphatic carbocycles. The molecule has 3 nitrogen and oxygen atoms in total. The van der Waals surface area contributed by atoms with Gasteiger partial charge in [0.05, 0.1) is 0 Å². The Hall–Kier alpha value is -2.34. The largest absolute Gasteiger partial charge is 0.355 e. The number of aromatic nitrogens is 1. The van der Waals surface area contributed by atoms with Crippen LogP contribution in [0, 0.1) is 18.3 Å². The van der Waals surface area contributed by atoms with Gasteiger partial charge in [-0.15, -0.1) is 0 Å². The third kappa shape index (κ3) is 2.92. The zero-order chi connectivity index (χ0) is 13.8. The van der Waals surface area contributed by atoms with Crippen molar-refractivity contribution < 1.29 is 0 Å². The van der Waals surface area contributed by atoms with Crippen LogP contribution in [-0.2, 0) is 0 Å². The molecule has 2 rings (SSSR count). The number of benzene rings is 1. The van der Waals surface area contributed by atoms with Crippen molar-refractivity contribution in [2.75, 3.05) is 5.32 Å². The van der Waals surface area contributed by atoms with Gasteiger partial charge < -0.3 is 5.32 Å². The number of aryl methyl sites for hydroxylation is 1. The lowest BCUT2D eigenvalue weighted by Gasteiger charge is -2.17. The lowest BCUT2D eigenvalue weighted by atomic mass is 9.98. The van der Waals surface area contributed by atoms with Crippen LogP contribution in [0.3, 0.4) is 0 Å². The number of hydrogen-bond donors (Lipinski definition) is 1. The molecule has 0 amide bonds. The Balaban J connectivity index is 2.40. The highest BCUT2D eigenvalue weighted by Crippen LogP contribution is 2.30. The van der Waals surface area contributed by atoms with Crippen molar-refractivity contribution in [1.82, 2.24) is 4.98 Å². The van der Waals surface area contributed by atoms with E-state index in [4.69, 9.17) is 5.26 Å². The molecule has 0 unspecified atom stereocenters. The van der Waals surface area contributed by atoms with E-state index >= 15 is 0 Å². The van der Waals surface area contributed by atoms with Crippen molar-refractivity contribution in [2.24, 2.45) is 0 Å². The number of hydrogen-bond acceptors (Lipinski definition) is 3. The Kier molecular flexibility index (Phi) is 3.82. The molecule has 0 spiro atoms. The van der Waals surface area contributed by atoms with Crippen LogP contribution < -0.4 is 5.32 Å². The molecule has 0 radical (unpaired) electrons. The van der Waals surface area contributed by atoms with E-state index in [1.54, 1.807) is 12.3 Å². The summed E-state index contributed by atoms with van der Waals surface area (Å²) < 4.78 is 0. The predicted molar refractivity (Wildman–Crippen MR) is 77.5 cm³/mol. The summed E-state index contributed by atoms with van der Waals surface area (Å²) in [7, 11) is 0. The molecule has 0 bridgehead atoms. The number of anilines is 2. The molecule has 0 aliphatic heterocycles. The molecule has 19 heavy (non-hydrogen) atoms. The van der Waals surface area contributed by atoms with Gasteiger partial charge in [0.25, 0.3) is 0 Å². The van der Waals surface area contributed by atoms with E-state index in [2.05, 4.69) is 55.3 Å². The molecule has 0 fully saturated rings. The van der Waals surface area contributed by atoms with Gasteiger partial charge in [-0.25, -0.2) is 4.98 Å². The van der Waals surface area contributed by atoms with Crippen molar-refractivity contribution in [3.63, 3.8) is 0 Å². The van der Waals surface area contributed by atoms with Crippen molar-refractivity contribution in [2.45, 2.75) is 26.7 Å². The first kappa shape index (κ1) is 13.1. The fourth-order valence-electron chi connectivity index (χ4n) is 2.06. The van der Waals surface area contributed by atoms with Gasteiger partial charge in [0.15, 0.2) is 0 Å². The molecule has 0 saturated heterocycles. The summed E-state index contributed by atoms with van der Waals surface area (Å²) in [4.78, 5) is 3.98. The summed E-state index contributed by atoms with van der Waals surface area (Å²) in [6, 6.07) is 12.0. The van der Waals surface area contributed by atoms with Crippen LogP contribution in [0.4, 0.5) is 11.4 Å². The SMILES string of the molecule is Cc1cccc(C(C)C)c1Nc1ccnc(C#N)c1.